The van der Waals surface area contributed by atoms with E-state index in [0.29, 0.717) is 35.2 Å². The lowest BCUT2D eigenvalue weighted by Crippen LogP contribution is -2.46. The molecule has 2 aromatic carbocycles. The van der Waals surface area contributed by atoms with Gasteiger partial charge in [0.2, 0.25) is 11.8 Å². The number of anilines is 1. The maximum atomic E-state index is 13.9. The van der Waals surface area contributed by atoms with Crippen LogP contribution in [0.4, 0.5) is 11.4 Å². The molecular formula is C32H30BN3O8. The van der Waals surface area contributed by atoms with E-state index in [2.05, 4.69) is 4.98 Å². The quantitative estimate of drug-likeness (QED) is 0.115. The van der Waals surface area contributed by atoms with Crippen LogP contribution in [0.25, 0.3) is 11.6 Å². The summed E-state index contributed by atoms with van der Waals surface area (Å²) < 4.78 is 6.02. The fourth-order valence-electron chi connectivity index (χ4n) is 6.82. The van der Waals surface area contributed by atoms with Crippen molar-refractivity contribution >= 4 is 42.0 Å². The third-order valence-corrected chi connectivity index (χ3v) is 8.73. The molecule has 3 N–H and O–H groups in total. The molecule has 2 fully saturated rings. The highest BCUT2D eigenvalue weighted by atomic mass is 16.6. The predicted octanol–water partition coefficient (Wildman–Crippen LogP) is 4.01. The summed E-state index contributed by atoms with van der Waals surface area (Å²) in [6, 6.07) is 17.9. The van der Waals surface area contributed by atoms with Gasteiger partial charge in [-0.1, -0.05) is 30.3 Å². The first-order chi connectivity index (χ1) is 21.3. The molecule has 44 heavy (non-hydrogen) atoms. The third kappa shape index (κ3) is 5.43. The highest BCUT2D eigenvalue weighted by molar-refractivity contribution is 6.43. The number of amides is 2. The fourth-order valence-corrected chi connectivity index (χ4v) is 6.82. The summed E-state index contributed by atoms with van der Waals surface area (Å²) in [6.07, 6.45) is 3.88. The molecular weight excluding hydrogens is 565 g/mol. The van der Waals surface area contributed by atoms with Crippen LogP contribution < -0.4 is 4.90 Å². The van der Waals surface area contributed by atoms with E-state index in [9.17, 15) is 34.9 Å². The first-order valence-electron chi connectivity index (χ1n) is 14.4. The Balaban J connectivity index is 1.32. The first-order valence-corrected chi connectivity index (χ1v) is 14.4. The normalized spacial score (nSPS) is 23.5. The Morgan fingerprint density at radius 3 is 2.61 bits per heavy atom. The number of benzene rings is 2. The van der Waals surface area contributed by atoms with Crippen LogP contribution in [0.5, 0.6) is 5.75 Å². The molecule has 2 saturated heterocycles. The zero-order valence-electron chi connectivity index (χ0n) is 23.7. The molecule has 12 heteroatoms. The molecule has 0 bridgehead atoms. The number of imide groups is 1. The van der Waals surface area contributed by atoms with E-state index < -0.39 is 47.7 Å². The highest BCUT2D eigenvalue weighted by Crippen LogP contribution is 2.51. The van der Waals surface area contributed by atoms with E-state index in [-0.39, 0.29) is 36.5 Å². The second-order valence-electron chi connectivity index (χ2n) is 11.2. The van der Waals surface area contributed by atoms with E-state index in [1.807, 2.05) is 24.3 Å². The molecule has 0 saturated carbocycles. The van der Waals surface area contributed by atoms with Gasteiger partial charge in [0.1, 0.15) is 5.75 Å². The summed E-state index contributed by atoms with van der Waals surface area (Å²) in [7, 11) is -1.21. The maximum absolute atomic E-state index is 13.9. The number of hydrogen-bond acceptors (Lipinski definition) is 9. The van der Waals surface area contributed by atoms with E-state index in [1.165, 1.54) is 24.3 Å². The number of carbonyl (C=O) groups is 2. The number of allylic oxidation sites excluding steroid dienone is 1. The predicted molar refractivity (Wildman–Crippen MR) is 162 cm³/mol. The van der Waals surface area contributed by atoms with Crippen LogP contribution in [0.1, 0.15) is 30.5 Å². The number of aromatic hydroxyl groups is 1. The third-order valence-electron chi connectivity index (χ3n) is 8.73. The van der Waals surface area contributed by atoms with Crippen molar-refractivity contribution in [2.75, 3.05) is 11.5 Å². The molecule has 1 aromatic heterocycles. The van der Waals surface area contributed by atoms with Gasteiger partial charge in [0, 0.05) is 23.9 Å². The Morgan fingerprint density at radius 2 is 1.89 bits per heavy atom. The fraction of sp³-hybridized carbons (Fsp3) is 0.281. The average molecular weight is 595 g/mol. The first kappa shape index (κ1) is 29.4. The molecule has 0 unspecified atom stereocenters. The topological polar surface area (TPSA) is 163 Å². The molecule has 11 nitrogen and oxygen atoms in total. The molecule has 0 radical (unpaired) electrons. The van der Waals surface area contributed by atoms with Crippen molar-refractivity contribution in [3.63, 3.8) is 0 Å². The number of aromatic nitrogens is 1. The second kappa shape index (κ2) is 12.2. The van der Waals surface area contributed by atoms with Crippen LogP contribution in [0.15, 0.2) is 84.1 Å². The Kier molecular flexibility index (Phi) is 8.13. The van der Waals surface area contributed by atoms with Gasteiger partial charge in [-0.2, -0.15) is 0 Å². The molecule has 3 aromatic rings. The van der Waals surface area contributed by atoms with E-state index in [4.69, 9.17) is 4.65 Å². The van der Waals surface area contributed by atoms with Crippen molar-refractivity contribution in [3.8, 4) is 5.75 Å². The van der Waals surface area contributed by atoms with Gasteiger partial charge in [-0.25, -0.2) is 4.90 Å². The van der Waals surface area contributed by atoms with Crippen LogP contribution in [0.2, 0.25) is 6.32 Å². The molecule has 2 aliphatic heterocycles. The maximum Gasteiger partial charge on any atom is 0.455 e. The van der Waals surface area contributed by atoms with Crippen LogP contribution in [-0.4, -0.2) is 56.8 Å². The van der Waals surface area contributed by atoms with Crippen LogP contribution in [0, 0.1) is 27.9 Å². The molecule has 224 valence electrons. The SMILES string of the molecule is O=C1[C@@H]2[C@@H](CC(CO)=C3[C@@H](CC/C(=C/c4ccccc4O)c4ccccn4)OB(O)C[C@@H]32)C(=O)N1c1cccc([N+](=O)[O-])c1. The Morgan fingerprint density at radius 1 is 1.09 bits per heavy atom. The summed E-state index contributed by atoms with van der Waals surface area (Å²) in [6.45, 7) is -0.343. The van der Waals surface area contributed by atoms with Crippen LogP contribution >= 0.6 is 0 Å². The van der Waals surface area contributed by atoms with Crippen molar-refractivity contribution in [3.05, 3.63) is 105 Å². The summed E-state index contributed by atoms with van der Waals surface area (Å²) in [5, 5.41) is 43.0. The van der Waals surface area contributed by atoms with E-state index in [1.54, 1.807) is 30.5 Å². The number of fused-ring (bicyclic) bond motifs is 3. The van der Waals surface area contributed by atoms with E-state index >= 15 is 0 Å². The number of phenolic OH excluding ortho intramolecular Hbond substituents is 1. The lowest BCUT2D eigenvalue weighted by Gasteiger charge is -2.42. The summed E-state index contributed by atoms with van der Waals surface area (Å²) in [4.78, 5) is 43.7. The Hall–Kier alpha value is -4.65. The minimum absolute atomic E-state index is 0.0686. The van der Waals surface area contributed by atoms with E-state index in [0.717, 1.165) is 10.5 Å². The number of aliphatic hydroxyl groups is 1. The van der Waals surface area contributed by atoms with Crippen molar-refractivity contribution in [1.82, 2.24) is 4.98 Å². The number of rotatable bonds is 8. The zero-order valence-corrected chi connectivity index (χ0v) is 23.7. The lowest BCUT2D eigenvalue weighted by molar-refractivity contribution is -0.384. The summed E-state index contributed by atoms with van der Waals surface area (Å²) >= 11 is 0. The molecule has 1 aliphatic carbocycles. The number of phenols is 1. The number of nitrogens with zero attached hydrogens (tertiary/aromatic N) is 3. The smallest absolute Gasteiger partial charge is 0.455 e. The van der Waals surface area contributed by atoms with Gasteiger partial charge < -0.3 is 19.9 Å². The number of hydrogen-bond donors (Lipinski definition) is 3. The summed E-state index contributed by atoms with van der Waals surface area (Å²) in [5.41, 5.74) is 3.32. The van der Waals surface area contributed by atoms with Gasteiger partial charge >= 0.3 is 7.12 Å². The standard InChI is InChI=1S/C32H30BN3O8/c37-18-21-15-24-30(32(40)35(31(24)39)22-7-5-8-23(16-22)36(42)43)25-17-33(41)44-28(29(21)25)12-11-19(26-9-3-4-13-34-26)14-20-6-1-2-10-27(20)38/h1-10,13-14,16,24-25,28,30,37-38,41H,11-12,15,17-18H2/b19-14-/t24-,25+,28-,30-/m1/s1. The second-order valence-corrected chi connectivity index (χ2v) is 11.2. The van der Waals surface area contributed by atoms with Crippen molar-refractivity contribution < 1.29 is 34.4 Å². The van der Waals surface area contributed by atoms with Gasteiger partial charge in [-0.3, -0.25) is 24.7 Å². The molecule has 0 spiro atoms. The molecule has 6 rings (SSSR count). The number of nitro groups is 1. The van der Waals surface area contributed by atoms with Gasteiger partial charge in [0.15, 0.2) is 0 Å². The Bertz CT molecular complexity index is 1680. The summed E-state index contributed by atoms with van der Waals surface area (Å²) in [5.74, 6) is -2.99. The highest BCUT2D eigenvalue weighted by Gasteiger charge is 2.57. The van der Waals surface area contributed by atoms with Crippen molar-refractivity contribution in [2.45, 2.75) is 31.7 Å². The van der Waals surface area contributed by atoms with Gasteiger partial charge in [-0.05, 0) is 78.6 Å². The number of nitro benzene ring substituents is 1. The van der Waals surface area contributed by atoms with Crippen LogP contribution in [-0.2, 0) is 14.2 Å². The van der Waals surface area contributed by atoms with Crippen molar-refractivity contribution in [2.24, 2.45) is 17.8 Å². The number of pyridine rings is 1. The monoisotopic (exact) mass is 595 g/mol. The molecule has 3 aliphatic rings. The lowest BCUT2D eigenvalue weighted by atomic mass is 9.58. The minimum Gasteiger partial charge on any atom is -0.507 e. The Labute approximate surface area is 253 Å². The molecule has 3 heterocycles. The average Bonchev–Trinajstić information content (AvgIpc) is 3.28. The number of aliphatic hydroxyl groups excluding tert-OH is 1. The number of carbonyl (C=O) groups excluding carboxylic acids is 2. The zero-order chi connectivity index (χ0) is 31.0. The molecule has 4 atom stereocenters. The minimum atomic E-state index is -1.21. The largest absolute Gasteiger partial charge is 0.507 e. The number of para-hydroxylation sites is 1. The van der Waals surface area contributed by atoms with Gasteiger partial charge in [0.25, 0.3) is 5.69 Å². The van der Waals surface area contributed by atoms with Gasteiger partial charge in [-0.15, -0.1) is 0 Å². The van der Waals surface area contributed by atoms with Gasteiger partial charge in [0.05, 0.1) is 40.9 Å². The van der Waals surface area contributed by atoms with Crippen molar-refractivity contribution in [1.29, 1.82) is 0 Å². The molecule has 2 amide bonds. The number of non-ortho nitro benzene ring substituents is 1. The van der Waals surface area contributed by atoms with Crippen LogP contribution in [0.3, 0.4) is 0 Å².